The van der Waals surface area contributed by atoms with Gasteiger partial charge in [0.05, 0.1) is 108 Å². The van der Waals surface area contributed by atoms with Crippen molar-refractivity contribution < 1.29 is 67.7 Å². The molecule has 41 heteroatoms. The molecule has 682 valence electrons. The Balaban J connectivity index is 0.000000114. The summed E-state index contributed by atoms with van der Waals surface area (Å²) in [7, 11) is -7.66. The summed E-state index contributed by atoms with van der Waals surface area (Å²) >= 11 is 0. The largest absolute Gasteiger partial charge is 0.377 e. The highest BCUT2D eigenvalue weighted by atomic mass is 32.2. The fourth-order valence-electron chi connectivity index (χ4n) is 17.9. The van der Waals surface area contributed by atoms with Crippen molar-refractivity contribution in [3.8, 4) is 0 Å². The maximum atomic E-state index is 12.6. The minimum absolute atomic E-state index is 0.0189. The Morgan fingerprint density at radius 2 is 0.623 bits per heavy atom. The first-order chi connectivity index (χ1) is 62.1. The van der Waals surface area contributed by atoms with E-state index < -0.39 is 50.6 Å². The van der Waals surface area contributed by atoms with Gasteiger partial charge in [-0.25, -0.2) is 24.9 Å². The van der Waals surface area contributed by atoms with Gasteiger partial charge in [-0.3, -0.25) is 45.8 Å². The summed E-state index contributed by atoms with van der Waals surface area (Å²) in [4.78, 5) is 55.7. The summed E-state index contributed by atoms with van der Waals surface area (Å²) in [6, 6.07) is 36.4. The van der Waals surface area contributed by atoms with Crippen molar-refractivity contribution in [2.45, 2.75) is 80.8 Å². The molecule has 0 radical (unpaired) electrons. The minimum Gasteiger partial charge on any atom is -0.377 e. The third kappa shape index (κ3) is 19.8. The Kier molecular flexibility index (Phi) is 25.6. The third-order valence-corrected chi connectivity index (χ3v) is 27.8. The summed E-state index contributed by atoms with van der Waals surface area (Å²) in [6.45, 7) is 8.63. The molecule has 5 atom stereocenters. The van der Waals surface area contributed by atoms with E-state index in [1.165, 1.54) is 0 Å². The molecule has 5 aliphatic heterocycles. The molecular weight excluding hydrogens is 1770 g/mol. The van der Waals surface area contributed by atoms with Gasteiger partial charge in [-0.15, -0.1) is 0 Å². The number of hydrogen-bond acceptors (Lipinski definition) is 31. The first-order valence-electron chi connectivity index (χ1n) is 42.4. The first kappa shape index (κ1) is 90.2. The van der Waals surface area contributed by atoms with E-state index in [0.717, 1.165) is 221 Å². The number of nitrogens with zero attached hydrogens (tertiary/aromatic N) is 20. The molecule has 0 unspecified atom stereocenters. The van der Waals surface area contributed by atoms with Crippen molar-refractivity contribution in [2.24, 2.45) is 35.2 Å². The van der Waals surface area contributed by atoms with Gasteiger partial charge in [-0.1, -0.05) is 17.7 Å². The molecule has 0 saturated carbocycles. The third-order valence-electron chi connectivity index (χ3n) is 24.0. The molecule has 0 N–H and O–H groups in total. The summed E-state index contributed by atoms with van der Waals surface area (Å²) in [5.74, 6) is 4.12. The van der Waals surface area contributed by atoms with E-state index in [1.807, 2.05) is 157 Å². The summed E-state index contributed by atoms with van der Waals surface area (Å²) in [6.07, 6.45) is 25.8. The van der Waals surface area contributed by atoms with Gasteiger partial charge < -0.3 is 52.1 Å². The molecule has 5 fully saturated rings. The second kappa shape index (κ2) is 36.9. The van der Waals surface area contributed by atoms with E-state index in [-0.39, 0.29) is 42.0 Å². The Hall–Kier alpha value is -11.8. The fourth-order valence-corrected chi connectivity index (χ4v) is 21.4. The highest BCUT2D eigenvalue weighted by Crippen LogP contribution is 2.37. The lowest BCUT2D eigenvalue weighted by Gasteiger charge is -2.36. The molecule has 16 aromatic rings. The van der Waals surface area contributed by atoms with Gasteiger partial charge in [-0.2, -0.15) is 42.1 Å². The monoisotopic (exact) mass is 1860 g/mol. The predicted molar refractivity (Wildman–Crippen MR) is 502 cm³/mol. The lowest BCUT2D eigenvalue weighted by atomic mass is 10.1. The van der Waals surface area contributed by atoms with E-state index in [2.05, 4.69) is 79.8 Å². The summed E-state index contributed by atoms with van der Waals surface area (Å²) < 4.78 is 158. The lowest BCUT2D eigenvalue weighted by Crippen LogP contribution is -2.48. The zero-order valence-electron chi connectivity index (χ0n) is 73.4. The lowest BCUT2D eigenvalue weighted by molar-refractivity contribution is 0.0776. The highest BCUT2D eigenvalue weighted by Gasteiger charge is 2.34. The van der Waals surface area contributed by atoms with Crippen molar-refractivity contribution >= 4 is 189 Å². The van der Waals surface area contributed by atoms with Crippen LogP contribution in [0.1, 0.15) is 44.1 Å². The number of ether oxygens (including phenoxy) is 1. The second-order valence-corrected chi connectivity index (χ2v) is 41.3. The normalized spacial score (nSPS) is 18.5. The zero-order chi connectivity index (χ0) is 91.3. The molecule has 1 aromatic carbocycles. The van der Waals surface area contributed by atoms with Crippen LogP contribution < -0.4 is 24.5 Å². The summed E-state index contributed by atoms with van der Waals surface area (Å²) in [5, 5.41) is 10.7. The Bertz CT molecular complexity index is 7250. The van der Waals surface area contributed by atoms with Crippen LogP contribution in [0.25, 0.3) is 110 Å². The average molecular weight is 1870 g/mol. The van der Waals surface area contributed by atoms with Gasteiger partial charge >= 0.3 is 0 Å². The topological polar surface area (TPSA) is 396 Å². The van der Waals surface area contributed by atoms with E-state index in [4.69, 9.17) is 50.6 Å². The van der Waals surface area contributed by atoms with Crippen LogP contribution in [0.3, 0.4) is 0 Å². The number of rotatable bonds is 17. The smallest absolute Gasteiger partial charge is 0.297 e. The molecule has 5 aliphatic rings. The maximum absolute atomic E-state index is 12.6. The predicted octanol–water partition coefficient (Wildman–Crippen LogP) is 10.5. The van der Waals surface area contributed by atoms with Crippen LogP contribution in [0, 0.1) is 6.92 Å². The van der Waals surface area contributed by atoms with E-state index in [9.17, 15) is 42.1 Å². The fraction of sp³-hybridized carbons (Fsp3) is 0.371. The molecule has 36 nitrogen and oxygen atoms in total. The molecule has 0 aliphatic carbocycles. The Morgan fingerprint density at radius 3 is 0.931 bits per heavy atom. The second-order valence-electron chi connectivity index (χ2n) is 33.3. The average Bonchev–Trinajstić information content (AvgIpc) is 1.63. The Labute approximate surface area is 752 Å². The van der Waals surface area contributed by atoms with E-state index >= 15 is 0 Å². The summed E-state index contributed by atoms with van der Waals surface area (Å²) in [5.41, 5.74) is 10.8. The van der Waals surface area contributed by atoms with Gasteiger partial charge in [0, 0.05) is 210 Å². The number of benzene rings is 1. The number of hydrogen-bond donors (Lipinski definition) is 0. The van der Waals surface area contributed by atoms with Crippen LogP contribution in [0.15, 0.2) is 182 Å². The molecular formula is C89H100N20O16S5. The van der Waals surface area contributed by atoms with E-state index in [1.54, 1.807) is 55.2 Å². The van der Waals surface area contributed by atoms with Crippen LogP contribution in [0.4, 0.5) is 29.1 Å². The number of piperidine rings is 2. The number of pyridine rings is 10. The molecule has 130 heavy (non-hydrogen) atoms. The van der Waals surface area contributed by atoms with Gasteiger partial charge in [0.15, 0.2) is 0 Å². The van der Waals surface area contributed by atoms with Gasteiger partial charge in [0.25, 0.3) is 50.6 Å². The van der Waals surface area contributed by atoms with Crippen LogP contribution in [0.5, 0.6) is 0 Å². The molecule has 0 amide bonds. The van der Waals surface area contributed by atoms with Crippen molar-refractivity contribution in [3.63, 3.8) is 0 Å². The highest BCUT2D eigenvalue weighted by molar-refractivity contribution is 7.87. The van der Waals surface area contributed by atoms with Crippen molar-refractivity contribution in [1.29, 1.82) is 0 Å². The molecule has 20 heterocycles. The number of fused-ring (bicyclic) bond motifs is 15. The van der Waals surface area contributed by atoms with Crippen LogP contribution in [0.2, 0.25) is 0 Å². The van der Waals surface area contributed by atoms with Crippen molar-refractivity contribution in [3.05, 3.63) is 183 Å². The van der Waals surface area contributed by atoms with Gasteiger partial charge in [0.2, 0.25) is 0 Å². The SMILES string of the molecule is Cc1ccc(S(=O)(=O)OC[C@@H]2COCCN2c2ccc3c4cnccc4n(C)c3n2)cc1.Cn1c2ccncc2c2ccc(N3CCC[C@@H](OS(C)(=O)=O)C3)nc21.Cn1c2ccncc2c2ccc(N3CCC[C@H](OS(C)(=O)=O)C3)nc21.Cn1c2ccncc2c2ccc(N3CC[C@@H](OS(C)(=O)=O)C3)nc21.Cn1c2ccncc2c2ccc(N3CC[C@H](OS(C)(=O)=O)C3)nc21. The van der Waals surface area contributed by atoms with Crippen LogP contribution in [-0.2, 0) is 111 Å². The molecule has 15 aromatic heterocycles. The number of aryl methyl sites for hydroxylation is 6. The van der Waals surface area contributed by atoms with Crippen molar-refractivity contribution in [1.82, 2.24) is 72.7 Å². The number of anilines is 5. The molecule has 0 bridgehead atoms. The van der Waals surface area contributed by atoms with Gasteiger partial charge in [0.1, 0.15) is 57.3 Å². The first-order valence-corrected chi connectivity index (χ1v) is 51.1. The Morgan fingerprint density at radius 1 is 0.338 bits per heavy atom. The zero-order valence-corrected chi connectivity index (χ0v) is 77.5. The quantitative estimate of drug-likeness (QED) is 0.0764. The maximum Gasteiger partial charge on any atom is 0.297 e. The number of morpholine rings is 1. The van der Waals surface area contributed by atoms with Gasteiger partial charge in [-0.05, 0) is 149 Å². The molecule has 5 saturated heterocycles. The van der Waals surface area contributed by atoms with Crippen LogP contribution in [-0.4, -0.2) is 249 Å². The molecule has 0 spiro atoms. The van der Waals surface area contributed by atoms with Crippen LogP contribution >= 0.6 is 0 Å². The number of aromatic nitrogens is 15. The van der Waals surface area contributed by atoms with E-state index in [0.29, 0.717) is 58.8 Å². The van der Waals surface area contributed by atoms with Crippen molar-refractivity contribution in [2.75, 3.05) is 128 Å². The minimum atomic E-state index is -3.85. The standard InChI is InChI=1S/C23H24N4O4S.2C17H20N4O3S.2C16H18N4O3S/c1-16-3-5-18(6-4-16)32(28,29)31-15-17-14-30-12-11-27(17)22-8-7-19-20-13-24-10-9-21(20)26(2)23(19)25-22;2*1-20-15-7-8-18-10-14(15)13-5-6-16(19-17(13)20)21-9-3-4-12(11-21)24-25(2,22)23;2*1-19-14-5-7-17-9-13(14)12-3-4-15(18-16(12)19)20-8-6-11(10-20)23-24(2,21)22/h3-10,13,17H,11-12,14-15H2,1-2H3;2*5-8,10,12H,3-4,9,11H2,1-2H3;2*3-5,7,9,11H,6,8,10H2,1-2H3/t17-;2*12-;2*11-/m01010/s1. The molecule has 21 rings (SSSR count).